The van der Waals surface area contributed by atoms with E-state index in [-0.39, 0.29) is 6.61 Å². The smallest absolute Gasteiger partial charge is 0.364 e. The normalized spacial score (nSPS) is 33.7. The van der Waals surface area contributed by atoms with Crippen molar-refractivity contribution in [2.24, 2.45) is 0 Å². The zero-order valence-corrected chi connectivity index (χ0v) is 13.1. The highest BCUT2D eigenvalue weighted by molar-refractivity contribution is 5.76. The Balaban J connectivity index is 3.13. The fraction of sp³-hybridized carbons (Fsp3) is 0.846. The molecule has 0 aliphatic carbocycles. The first kappa shape index (κ1) is 19.7. The van der Waals surface area contributed by atoms with Crippen molar-refractivity contribution in [3.63, 3.8) is 0 Å². The molecule has 6 atom stereocenters. The van der Waals surface area contributed by atoms with Crippen LogP contribution in [0.15, 0.2) is 0 Å². The number of rotatable bonds is 7. The Morgan fingerprint density at radius 1 is 1.39 bits per heavy atom. The average Bonchev–Trinajstić information content (AvgIpc) is 2.47. The summed E-state index contributed by atoms with van der Waals surface area (Å²) >= 11 is 0. The van der Waals surface area contributed by atoms with E-state index in [1.807, 2.05) is 0 Å². The van der Waals surface area contributed by atoms with Gasteiger partial charge in [-0.1, -0.05) is 0 Å². The van der Waals surface area contributed by atoms with Crippen LogP contribution >= 0.6 is 0 Å². The number of ether oxygens (including phenoxy) is 3. The number of carbonyl (C=O) groups excluding carboxylic acids is 1. The van der Waals surface area contributed by atoms with Crippen LogP contribution in [0.5, 0.6) is 0 Å². The number of aliphatic carboxylic acids is 1. The number of hydrogen-bond donors (Lipinski definition) is 5. The highest BCUT2D eigenvalue weighted by Crippen LogP contribution is 2.31. The molecule has 0 bridgehead atoms. The summed E-state index contributed by atoms with van der Waals surface area (Å²) in [7, 11) is 2.57. The number of carboxylic acids is 1. The standard InChI is InChI=1S/C13H23NO9/c1-6(15)14-9-8(22-3)4-13(20,12(18)19)23-11(9)10(17)7(16)5-21-2/h7-11,16-17,20H,4-5H2,1-3H3,(H,14,15)(H,18,19)/t7-,8+,9-,10-,11-,13-/m1/s1. The van der Waals surface area contributed by atoms with Crippen molar-refractivity contribution in [2.75, 3.05) is 20.8 Å². The fourth-order valence-corrected chi connectivity index (χ4v) is 2.51. The molecule has 1 aliphatic heterocycles. The third kappa shape index (κ3) is 4.59. The molecule has 0 aromatic heterocycles. The number of amides is 1. The van der Waals surface area contributed by atoms with Crippen molar-refractivity contribution in [1.82, 2.24) is 5.32 Å². The van der Waals surface area contributed by atoms with Crippen molar-refractivity contribution < 1.29 is 44.2 Å². The van der Waals surface area contributed by atoms with E-state index in [9.17, 15) is 24.9 Å². The fourth-order valence-electron chi connectivity index (χ4n) is 2.51. The van der Waals surface area contributed by atoms with E-state index in [0.717, 1.165) is 0 Å². The summed E-state index contributed by atoms with van der Waals surface area (Å²) in [6.45, 7) is 0.969. The molecular weight excluding hydrogens is 314 g/mol. The number of hydrogen-bond acceptors (Lipinski definition) is 8. The SMILES string of the molecule is COC[C@@H](O)[C@@H](O)[C@@H]1O[C@@](O)(C(=O)O)C[C@H](OC)[C@H]1NC(C)=O. The van der Waals surface area contributed by atoms with Gasteiger partial charge in [0.25, 0.3) is 5.79 Å². The second-order valence-corrected chi connectivity index (χ2v) is 5.39. The molecule has 1 aliphatic rings. The molecule has 0 spiro atoms. The van der Waals surface area contributed by atoms with Crippen LogP contribution in [0.3, 0.4) is 0 Å². The molecule has 1 rings (SSSR count). The maximum atomic E-state index is 11.4. The number of nitrogens with one attached hydrogen (secondary N) is 1. The summed E-state index contributed by atoms with van der Waals surface area (Å²) in [5.41, 5.74) is 0. The Morgan fingerprint density at radius 3 is 2.43 bits per heavy atom. The molecule has 23 heavy (non-hydrogen) atoms. The van der Waals surface area contributed by atoms with Gasteiger partial charge in [-0.25, -0.2) is 4.79 Å². The van der Waals surface area contributed by atoms with Crippen molar-refractivity contribution >= 4 is 11.9 Å². The van der Waals surface area contributed by atoms with E-state index < -0.39 is 54.5 Å². The predicted octanol–water partition coefficient (Wildman–Crippen LogP) is -2.56. The zero-order chi connectivity index (χ0) is 17.8. The molecule has 10 nitrogen and oxygen atoms in total. The van der Waals surface area contributed by atoms with E-state index in [0.29, 0.717) is 0 Å². The Hall–Kier alpha value is -1.30. The molecule has 0 aromatic carbocycles. The molecule has 134 valence electrons. The van der Waals surface area contributed by atoms with E-state index in [1.54, 1.807) is 0 Å². The third-order valence-electron chi connectivity index (χ3n) is 3.64. The van der Waals surface area contributed by atoms with Crippen LogP contribution in [0.2, 0.25) is 0 Å². The van der Waals surface area contributed by atoms with Gasteiger partial charge in [-0.2, -0.15) is 0 Å². The lowest BCUT2D eigenvalue weighted by Crippen LogP contribution is -2.67. The van der Waals surface area contributed by atoms with Gasteiger partial charge in [0.1, 0.15) is 18.3 Å². The van der Waals surface area contributed by atoms with E-state index in [1.165, 1.54) is 21.1 Å². The van der Waals surface area contributed by atoms with Gasteiger partial charge in [-0.3, -0.25) is 4.79 Å². The van der Waals surface area contributed by atoms with Crippen molar-refractivity contribution in [3.8, 4) is 0 Å². The first-order valence-electron chi connectivity index (χ1n) is 6.94. The van der Waals surface area contributed by atoms with Crippen molar-refractivity contribution in [1.29, 1.82) is 0 Å². The average molecular weight is 337 g/mol. The number of carbonyl (C=O) groups is 2. The minimum atomic E-state index is -2.62. The van der Waals surface area contributed by atoms with Gasteiger partial charge in [0, 0.05) is 27.6 Å². The zero-order valence-electron chi connectivity index (χ0n) is 13.1. The topological polar surface area (TPSA) is 155 Å². The third-order valence-corrected chi connectivity index (χ3v) is 3.64. The lowest BCUT2D eigenvalue weighted by atomic mass is 9.88. The highest BCUT2D eigenvalue weighted by Gasteiger charge is 2.54. The first-order valence-corrected chi connectivity index (χ1v) is 6.94. The summed E-state index contributed by atoms with van der Waals surface area (Å²) in [6.07, 6.45) is -5.90. The molecule has 0 radical (unpaired) electrons. The van der Waals surface area contributed by atoms with Gasteiger partial charge in [-0.15, -0.1) is 0 Å². The maximum absolute atomic E-state index is 11.4. The number of methoxy groups -OCH3 is 2. The minimum absolute atomic E-state index is 0.253. The Kier molecular flexibility index (Phi) is 6.86. The molecule has 1 amide bonds. The number of aliphatic hydroxyl groups is 3. The van der Waals surface area contributed by atoms with Crippen LogP contribution in [-0.4, -0.2) is 89.4 Å². The van der Waals surface area contributed by atoms with Crippen LogP contribution in [0.25, 0.3) is 0 Å². The monoisotopic (exact) mass is 337 g/mol. The van der Waals surface area contributed by atoms with Crippen LogP contribution in [0.1, 0.15) is 13.3 Å². The number of aliphatic hydroxyl groups excluding tert-OH is 2. The van der Waals surface area contributed by atoms with Crippen molar-refractivity contribution in [2.45, 2.75) is 49.6 Å². The lowest BCUT2D eigenvalue weighted by molar-refractivity contribution is -0.297. The van der Waals surface area contributed by atoms with Crippen LogP contribution < -0.4 is 5.32 Å². The van der Waals surface area contributed by atoms with Gasteiger partial charge < -0.3 is 40.0 Å². The summed E-state index contributed by atoms with van der Waals surface area (Å²) < 4.78 is 15.0. The Labute approximate surface area is 133 Å². The maximum Gasteiger partial charge on any atom is 0.364 e. The van der Waals surface area contributed by atoms with Gasteiger partial charge in [0.15, 0.2) is 0 Å². The quantitative estimate of drug-likeness (QED) is 0.337. The summed E-state index contributed by atoms with van der Waals surface area (Å²) in [5, 5.41) is 41.8. The molecule has 0 saturated carbocycles. The molecular formula is C13H23NO9. The van der Waals surface area contributed by atoms with Gasteiger partial charge in [-0.05, 0) is 0 Å². The highest BCUT2D eigenvalue weighted by atomic mass is 16.7. The minimum Gasteiger partial charge on any atom is -0.477 e. The Bertz CT molecular complexity index is 432. The van der Waals surface area contributed by atoms with Gasteiger partial charge in [0.05, 0.1) is 18.8 Å². The lowest BCUT2D eigenvalue weighted by Gasteiger charge is -2.45. The van der Waals surface area contributed by atoms with Crippen molar-refractivity contribution in [3.05, 3.63) is 0 Å². The molecule has 1 saturated heterocycles. The van der Waals surface area contributed by atoms with Gasteiger partial charge in [0.2, 0.25) is 5.91 Å². The van der Waals surface area contributed by atoms with Crippen LogP contribution in [-0.2, 0) is 23.8 Å². The molecule has 1 fully saturated rings. The van der Waals surface area contributed by atoms with Crippen LogP contribution in [0.4, 0.5) is 0 Å². The number of carboxylic acid groups (broad SMARTS) is 1. The molecule has 5 N–H and O–H groups in total. The van der Waals surface area contributed by atoms with E-state index in [2.05, 4.69) is 5.32 Å². The Morgan fingerprint density at radius 2 is 2.00 bits per heavy atom. The second-order valence-electron chi connectivity index (χ2n) is 5.39. The second kappa shape index (κ2) is 7.99. The molecule has 10 heteroatoms. The van der Waals surface area contributed by atoms with E-state index in [4.69, 9.17) is 19.3 Å². The molecule has 0 unspecified atom stereocenters. The summed E-state index contributed by atoms with van der Waals surface area (Å²) in [5.74, 6) is -4.76. The van der Waals surface area contributed by atoms with Gasteiger partial charge >= 0.3 is 5.97 Å². The van der Waals surface area contributed by atoms with E-state index >= 15 is 0 Å². The largest absolute Gasteiger partial charge is 0.477 e. The molecule has 1 heterocycles. The molecule has 0 aromatic rings. The summed E-state index contributed by atoms with van der Waals surface area (Å²) in [6, 6.07) is -0.973. The van der Waals surface area contributed by atoms with Crippen LogP contribution in [0, 0.1) is 0 Å². The predicted molar refractivity (Wildman–Crippen MR) is 74.4 cm³/mol. The summed E-state index contributed by atoms with van der Waals surface area (Å²) in [4.78, 5) is 22.6. The first-order chi connectivity index (χ1) is 10.7.